The third-order valence-corrected chi connectivity index (χ3v) is 4.79. The van der Waals surface area contributed by atoms with Gasteiger partial charge in [-0.2, -0.15) is 0 Å². The fourth-order valence-corrected chi connectivity index (χ4v) is 3.58. The molecule has 0 amide bonds. The van der Waals surface area contributed by atoms with E-state index in [-0.39, 0.29) is 0 Å². The van der Waals surface area contributed by atoms with E-state index in [2.05, 4.69) is 51.4 Å². The van der Waals surface area contributed by atoms with Crippen LogP contribution < -0.4 is 5.32 Å². The van der Waals surface area contributed by atoms with Gasteiger partial charge in [0, 0.05) is 33.5 Å². The van der Waals surface area contributed by atoms with Crippen molar-refractivity contribution in [2.24, 2.45) is 0 Å². The number of piperidine rings is 1. The molecule has 1 unspecified atom stereocenters. The van der Waals surface area contributed by atoms with E-state index in [1.807, 2.05) is 0 Å². The zero-order valence-electron chi connectivity index (χ0n) is 10.7. The molecule has 96 valence electrons. The molecule has 1 atom stereocenters. The van der Waals surface area contributed by atoms with Crippen LogP contribution in [0.3, 0.4) is 0 Å². The van der Waals surface area contributed by atoms with E-state index in [9.17, 15) is 0 Å². The SMILES string of the molecule is CCc1ccc2[nH]c(C3CCCNC3)c(Br)c2c1. The zero-order chi connectivity index (χ0) is 12.5. The first-order valence-corrected chi connectivity index (χ1v) is 7.59. The van der Waals surface area contributed by atoms with Gasteiger partial charge in [0.05, 0.1) is 0 Å². The van der Waals surface area contributed by atoms with Gasteiger partial charge < -0.3 is 10.3 Å². The summed E-state index contributed by atoms with van der Waals surface area (Å²) in [5, 5.41) is 4.82. The molecule has 2 N–H and O–H groups in total. The third-order valence-electron chi connectivity index (χ3n) is 3.94. The Hall–Kier alpha value is -0.800. The van der Waals surface area contributed by atoms with E-state index >= 15 is 0 Å². The van der Waals surface area contributed by atoms with Crippen LogP contribution in [0, 0.1) is 0 Å². The molecule has 0 radical (unpaired) electrons. The molecule has 3 heteroatoms. The molecule has 1 saturated heterocycles. The van der Waals surface area contributed by atoms with Crippen molar-refractivity contribution in [2.45, 2.75) is 32.1 Å². The van der Waals surface area contributed by atoms with Crippen LogP contribution in [0.25, 0.3) is 10.9 Å². The lowest BCUT2D eigenvalue weighted by molar-refractivity contribution is 0.455. The Bertz CT molecular complexity index is 553. The summed E-state index contributed by atoms with van der Waals surface area (Å²) in [6, 6.07) is 6.72. The van der Waals surface area contributed by atoms with Gasteiger partial charge in [0.15, 0.2) is 0 Å². The highest BCUT2D eigenvalue weighted by atomic mass is 79.9. The summed E-state index contributed by atoms with van der Waals surface area (Å²) in [6.45, 7) is 4.45. The summed E-state index contributed by atoms with van der Waals surface area (Å²) in [4.78, 5) is 3.60. The van der Waals surface area contributed by atoms with Crippen molar-refractivity contribution in [3.05, 3.63) is 33.9 Å². The minimum Gasteiger partial charge on any atom is -0.357 e. The highest BCUT2D eigenvalue weighted by molar-refractivity contribution is 9.10. The van der Waals surface area contributed by atoms with Crippen LogP contribution in [-0.4, -0.2) is 18.1 Å². The summed E-state index contributed by atoms with van der Waals surface area (Å²) in [6.07, 6.45) is 3.64. The topological polar surface area (TPSA) is 27.8 Å². The Morgan fingerprint density at radius 3 is 3.00 bits per heavy atom. The zero-order valence-corrected chi connectivity index (χ0v) is 12.3. The van der Waals surface area contributed by atoms with E-state index in [4.69, 9.17) is 0 Å². The van der Waals surface area contributed by atoms with Gasteiger partial charge in [-0.15, -0.1) is 0 Å². The van der Waals surface area contributed by atoms with Crippen molar-refractivity contribution in [3.63, 3.8) is 0 Å². The van der Waals surface area contributed by atoms with Crippen molar-refractivity contribution >= 4 is 26.8 Å². The molecule has 2 heterocycles. The van der Waals surface area contributed by atoms with Crippen LogP contribution in [0.15, 0.2) is 22.7 Å². The van der Waals surface area contributed by atoms with Crippen molar-refractivity contribution in [3.8, 4) is 0 Å². The van der Waals surface area contributed by atoms with Crippen LogP contribution >= 0.6 is 15.9 Å². The van der Waals surface area contributed by atoms with Gasteiger partial charge in [0.1, 0.15) is 0 Å². The fraction of sp³-hybridized carbons (Fsp3) is 0.467. The van der Waals surface area contributed by atoms with E-state index in [0.717, 1.165) is 19.5 Å². The van der Waals surface area contributed by atoms with E-state index in [0.29, 0.717) is 5.92 Å². The lowest BCUT2D eigenvalue weighted by atomic mass is 9.96. The average molecular weight is 307 g/mol. The van der Waals surface area contributed by atoms with Crippen molar-refractivity contribution in [1.29, 1.82) is 0 Å². The lowest BCUT2D eigenvalue weighted by Crippen LogP contribution is -2.28. The average Bonchev–Trinajstić information content (AvgIpc) is 2.77. The highest BCUT2D eigenvalue weighted by Crippen LogP contribution is 2.35. The van der Waals surface area contributed by atoms with Crippen LogP contribution in [0.5, 0.6) is 0 Å². The summed E-state index contributed by atoms with van der Waals surface area (Å²) in [5.74, 6) is 0.616. The van der Waals surface area contributed by atoms with Crippen LogP contribution in [-0.2, 0) is 6.42 Å². The van der Waals surface area contributed by atoms with Gasteiger partial charge in [0.25, 0.3) is 0 Å². The summed E-state index contributed by atoms with van der Waals surface area (Å²) < 4.78 is 1.27. The molecule has 1 aliphatic heterocycles. The van der Waals surface area contributed by atoms with Crippen LogP contribution in [0.4, 0.5) is 0 Å². The first-order chi connectivity index (χ1) is 8.79. The molecule has 1 aliphatic rings. The number of halogens is 1. The normalized spacial score (nSPS) is 20.4. The molecule has 0 saturated carbocycles. The Balaban J connectivity index is 2.04. The standard InChI is InChI=1S/C15H19BrN2/c1-2-10-5-6-13-12(8-10)14(16)15(18-13)11-4-3-7-17-9-11/h5-6,8,11,17-18H,2-4,7,9H2,1H3. The van der Waals surface area contributed by atoms with Crippen molar-refractivity contribution < 1.29 is 0 Å². The first kappa shape index (κ1) is 12.2. The molecule has 1 fully saturated rings. The molecule has 0 aliphatic carbocycles. The molecular weight excluding hydrogens is 288 g/mol. The number of H-pyrrole nitrogens is 1. The van der Waals surface area contributed by atoms with Gasteiger partial charge in [0.2, 0.25) is 0 Å². The molecule has 0 bridgehead atoms. The maximum absolute atomic E-state index is 3.79. The summed E-state index contributed by atoms with van der Waals surface area (Å²) in [7, 11) is 0. The quantitative estimate of drug-likeness (QED) is 0.863. The Morgan fingerprint density at radius 2 is 2.28 bits per heavy atom. The van der Waals surface area contributed by atoms with Gasteiger partial charge in [-0.05, 0) is 59.4 Å². The van der Waals surface area contributed by atoms with E-state index < -0.39 is 0 Å². The second-order valence-corrected chi connectivity index (χ2v) is 5.92. The number of aromatic amines is 1. The molecule has 2 aromatic rings. The molecule has 0 spiro atoms. The van der Waals surface area contributed by atoms with Crippen molar-refractivity contribution in [1.82, 2.24) is 10.3 Å². The first-order valence-electron chi connectivity index (χ1n) is 6.80. The predicted octanol–water partition coefficient (Wildman–Crippen LogP) is 3.96. The third kappa shape index (κ3) is 2.10. The van der Waals surface area contributed by atoms with E-state index in [1.165, 1.54) is 39.5 Å². The Labute approximate surface area is 116 Å². The number of benzene rings is 1. The molecular formula is C15H19BrN2. The number of aryl methyl sites for hydroxylation is 1. The van der Waals surface area contributed by atoms with Gasteiger partial charge in [-0.3, -0.25) is 0 Å². The van der Waals surface area contributed by atoms with Crippen molar-refractivity contribution in [2.75, 3.05) is 13.1 Å². The van der Waals surface area contributed by atoms with Gasteiger partial charge in [-0.25, -0.2) is 0 Å². The number of hydrogen-bond acceptors (Lipinski definition) is 1. The molecule has 18 heavy (non-hydrogen) atoms. The van der Waals surface area contributed by atoms with Gasteiger partial charge >= 0.3 is 0 Å². The monoisotopic (exact) mass is 306 g/mol. The number of aromatic nitrogens is 1. The molecule has 2 nitrogen and oxygen atoms in total. The minimum atomic E-state index is 0.616. The second-order valence-electron chi connectivity index (χ2n) is 5.13. The van der Waals surface area contributed by atoms with Crippen LogP contribution in [0.1, 0.15) is 36.9 Å². The lowest BCUT2D eigenvalue weighted by Gasteiger charge is -2.22. The van der Waals surface area contributed by atoms with Gasteiger partial charge in [-0.1, -0.05) is 13.0 Å². The number of fused-ring (bicyclic) bond motifs is 1. The maximum Gasteiger partial charge on any atom is 0.0468 e. The minimum absolute atomic E-state index is 0.616. The van der Waals surface area contributed by atoms with E-state index in [1.54, 1.807) is 0 Å². The largest absolute Gasteiger partial charge is 0.357 e. The Morgan fingerprint density at radius 1 is 1.39 bits per heavy atom. The summed E-state index contributed by atoms with van der Waals surface area (Å²) >= 11 is 3.79. The molecule has 3 rings (SSSR count). The number of nitrogens with one attached hydrogen (secondary N) is 2. The Kier molecular flexibility index (Phi) is 3.44. The van der Waals surface area contributed by atoms with Crippen LogP contribution in [0.2, 0.25) is 0 Å². The second kappa shape index (κ2) is 5.06. The molecule has 1 aromatic heterocycles. The fourth-order valence-electron chi connectivity index (χ4n) is 2.83. The predicted molar refractivity (Wildman–Crippen MR) is 80.2 cm³/mol. The number of hydrogen-bond donors (Lipinski definition) is 2. The maximum atomic E-state index is 3.79. The molecule has 1 aromatic carbocycles. The number of rotatable bonds is 2. The summed E-state index contributed by atoms with van der Waals surface area (Å²) in [5.41, 5.74) is 4.01. The smallest absolute Gasteiger partial charge is 0.0468 e. The highest BCUT2D eigenvalue weighted by Gasteiger charge is 2.20.